The molecule has 3 aromatic heterocycles. The molecule has 156 valence electrons. The van der Waals surface area contributed by atoms with Crippen LogP contribution in [0.2, 0.25) is 0 Å². The number of hydrogen-bond acceptors (Lipinski definition) is 7. The summed E-state index contributed by atoms with van der Waals surface area (Å²) in [6.45, 7) is 1.83. The average molecular weight is 437 g/mol. The molecule has 5 aromatic rings. The summed E-state index contributed by atoms with van der Waals surface area (Å²) in [6, 6.07) is 13.5. The predicted molar refractivity (Wildman–Crippen MR) is 112 cm³/mol. The minimum absolute atomic E-state index is 0.238. The number of benzene rings is 2. The fourth-order valence-electron chi connectivity index (χ4n) is 3.34. The van der Waals surface area contributed by atoms with Gasteiger partial charge in [0.1, 0.15) is 11.3 Å². The van der Waals surface area contributed by atoms with E-state index in [2.05, 4.69) is 20.5 Å². The first-order chi connectivity index (χ1) is 15.0. The summed E-state index contributed by atoms with van der Waals surface area (Å²) < 4.78 is 23.7. The Bertz CT molecular complexity index is 1450. The molecule has 0 amide bonds. The van der Waals surface area contributed by atoms with Gasteiger partial charge in [0, 0.05) is 13.1 Å². The standard InChI is InChI=1S/C20H16FN7O2S/c1-12-18(19(29)28(26(12)2)14-6-4-3-5-7-14)27-20(23-24-25-27)31-11-17-22-15-9-8-13(21)10-16(15)30-17/h3-10H,11H2,1-2H3. The average Bonchev–Trinajstić information content (AvgIpc) is 3.44. The van der Waals surface area contributed by atoms with Crippen LogP contribution in [0, 0.1) is 12.7 Å². The Morgan fingerprint density at radius 2 is 1.97 bits per heavy atom. The van der Waals surface area contributed by atoms with Gasteiger partial charge in [0.2, 0.25) is 11.0 Å². The number of halogens is 1. The van der Waals surface area contributed by atoms with E-state index < -0.39 is 0 Å². The van der Waals surface area contributed by atoms with Gasteiger partial charge in [-0.3, -0.25) is 9.48 Å². The number of nitrogens with zero attached hydrogens (tertiary/aromatic N) is 7. The van der Waals surface area contributed by atoms with Crippen LogP contribution in [0.25, 0.3) is 22.5 Å². The Balaban J connectivity index is 1.48. The monoisotopic (exact) mass is 437 g/mol. The summed E-state index contributed by atoms with van der Waals surface area (Å²) in [7, 11) is 1.81. The first kappa shape index (κ1) is 19.2. The van der Waals surface area contributed by atoms with Gasteiger partial charge in [0.15, 0.2) is 11.3 Å². The van der Waals surface area contributed by atoms with Gasteiger partial charge in [-0.15, -0.1) is 5.10 Å². The molecule has 0 aliphatic heterocycles. The molecule has 0 saturated heterocycles. The lowest BCUT2D eigenvalue weighted by Crippen LogP contribution is -2.22. The van der Waals surface area contributed by atoms with Crippen molar-refractivity contribution in [1.82, 2.24) is 34.6 Å². The molecule has 0 fully saturated rings. The zero-order valence-electron chi connectivity index (χ0n) is 16.6. The summed E-state index contributed by atoms with van der Waals surface area (Å²) in [6.07, 6.45) is 0. The fraction of sp³-hybridized carbons (Fsp3) is 0.150. The molecule has 0 N–H and O–H groups in total. The molecule has 0 saturated carbocycles. The van der Waals surface area contributed by atoms with Crippen molar-refractivity contribution in [3.8, 4) is 11.4 Å². The third-order valence-electron chi connectivity index (χ3n) is 4.90. The number of oxazole rings is 1. The van der Waals surface area contributed by atoms with Gasteiger partial charge in [-0.25, -0.2) is 14.1 Å². The van der Waals surface area contributed by atoms with Crippen LogP contribution < -0.4 is 5.56 Å². The molecule has 3 heterocycles. The highest BCUT2D eigenvalue weighted by Crippen LogP contribution is 2.25. The molecule has 0 spiro atoms. The fourth-order valence-corrected chi connectivity index (χ4v) is 4.06. The highest BCUT2D eigenvalue weighted by molar-refractivity contribution is 7.98. The molecule has 0 aliphatic carbocycles. The first-order valence-corrected chi connectivity index (χ1v) is 10.3. The largest absolute Gasteiger partial charge is 0.440 e. The van der Waals surface area contributed by atoms with Gasteiger partial charge in [-0.1, -0.05) is 30.0 Å². The van der Waals surface area contributed by atoms with E-state index in [0.717, 1.165) is 5.69 Å². The second-order valence-electron chi connectivity index (χ2n) is 6.79. The van der Waals surface area contributed by atoms with Gasteiger partial charge in [-0.2, -0.15) is 4.68 Å². The molecular weight excluding hydrogens is 421 g/mol. The van der Waals surface area contributed by atoms with E-state index in [1.165, 1.54) is 28.6 Å². The SMILES string of the molecule is Cc1c(-n2nnnc2SCc2nc3ccc(F)cc3o2)c(=O)n(-c2ccccc2)n1C. The van der Waals surface area contributed by atoms with E-state index in [-0.39, 0.29) is 11.4 Å². The van der Waals surface area contributed by atoms with Crippen LogP contribution in [-0.4, -0.2) is 34.6 Å². The van der Waals surface area contributed by atoms with E-state index in [0.29, 0.717) is 39.3 Å². The number of fused-ring (bicyclic) bond motifs is 1. The van der Waals surface area contributed by atoms with Crippen molar-refractivity contribution in [2.45, 2.75) is 17.8 Å². The van der Waals surface area contributed by atoms with E-state index in [1.807, 2.05) is 44.3 Å². The second kappa shape index (κ2) is 7.51. The van der Waals surface area contributed by atoms with Crippen LogP contribution in [0.5, 0.6) is 0 Å². The van der Waals surface area contributed by atoms with Crippen LogP contribution in [0.3, 0.4) is 0 Å². The van der Waals surface area contributed by atoms with Crippen LogP contribution in [0.15, 0.2) is 62.9 Å². The molecule has 0 aliphatic rings. The Labute approximate surface area is 179 Å². The molecule has 5 rings (SSSR count). The number of thioether (sulfide) groups is 1. The Kier molecular flexibility index (Phi) is 4.66. The number of aromatic nitrogens is 7. The highest BCUT2D eigenvalue weighted by Gasteiger charge is 2.22. The van der Waals surface area contributed by atoms with Gasteiger partial charge in [-0.05, 0) is 41.6 Å². The lowest BCUT2D eigenvalue weighted by Gasteiger charge is -2.07. The smallest absolute Gasteiger partial charge is 0.297 e. The zero-order chi connectivity index (χ0) is 21.5. The number of hydrogen-bond donors (Lipinski definition) is 0. The van der Waals surface area contributed by atoms with Crippen molar-refractivity contribution in [3.63, 3.8) is 0 Å². The van der Waals surface area contributed by atoms with Gasteiger partial charge in [0.25, 0.3) is 5.56 Å². The highest BCUT2D eigenvalue weighted by atomic mass is 32.2. The van der Waals surface area contributed by atoms with Crippen LogP contribution >= 0.6 is 11.8 Å². The minimum Gasteiger partial charge on any atom is -0.440 e. The predicted octanol–water partition coefficient (Wildman–Crippen LogP) is 3.03. The van der Waals surface area contributed by atoms with Gasteiger partial charge >= 0.3 is 0 Å². The molecular formula is C20H16FN7O2S. The zero-order valence-corrected chi connectivity index (χ0v) is 17.4. The normalized spacial score (nSPS) is 11.5. The molecule has 0 radical (unpaired) electrons. The van der Waals surface area contributed by atoms with E-state index in [1.54, 1.807) is 15.4 Å². The number of tetrazole rings is 1. The summed E-state index contributed by atoms with van der Waals surface area (Å²) >= 11 is 1.27. The van der Waals surface area contributed by atoms with E-state index >= 15 is 0 Å². The van der Waals surface area contributed by atoms with Crippen molar-refractivity contribution in [2.24, 2.45) is 7.05 Å². The Hall–Kier alpha value is -3.73. The lowest BCUT2D eigenvalue weighted by atomic mass is 10.3. The van der Waals surface area contributed by atoms with Crippen molar-refractivity contribution in [3.05, 3.63) is 76.3 Å². The van der Waals surface area contributed by atoms with Crippen LogP contribution in [-0.2, 0) is 12.8 Å². The lowest BCUT2D eigenvalue weighted by molar-refractivity contribution is 0.551. The van der Waals surface area contributed by atoms with Crippen molar-refractivity contribution in [1.29, 1.82) is 0 Å². The number of rotatable bonds is 5. The molecule has 0 unspecified atom stereocenters. The first-order valence-electron chi connectivity index (χ1n) is 9.33. The summed E-state index contributed by atoms with van der Waals surface area (Å²) in [5, 5.41) is 12.2. The Morgan fingerprint density at radius 3 is 2.77 bits per heavy atom. The Morgan fingerprint density at radius 1 is 1.16 bits per heavy atom. The summed E-state index contributed by atoms with van der Waals surface area (Å²) in [4.78, 5) is 17.6. The van der Waals surface area contributed by atoms with E-state index in [4.69, 9.17) is 4.42 Å². The summed E-state index contributed by atoms with van der Waals surface area (Å²) in [5.41, 5.74) is 2.52. The maximum Gasteiger partial charge on any atom is 0.297 e. The maximum atomic E-state index is 13.4. The van der Waals surface area contributed by atoms with Crippen molar-refractivity contribution >= 4 is 22.9 Å². The maximum absolute atomic E-state index is 13.4. The van der Waals surface area contributed by atoms with Gasteiger partial charge < -0.3 is 4.42 Å². The summed E-state index contributed by atoms with van der Waals surface area (Å²) in [5.74, 6) is 0.336. The topological polar surface area (TPSA) is 96.6 Å². The third kappa shape index (κ3) is 3.32. The van der Waals surface area contributed by atoms with Crippen LogP contribution in [0.1, 0.15) is 11.6 Å². The molecule has 11 heteroatoms. The van der Waals surface area contributed by atoms with Crippen molar-refractivity contribution < 1.29 is 8.81 Å². The molecule has 2 aromatic carbocycles. The van der Waals surface area contributed by atoms with Gasteiger partial charge in [0.05, 0.1) is 17.1 Å². The molecule has 0 bridgehead atoms. The quantitative estimate of drug-likeness (QED) is 0.390. The van der Waals surface area contributed by atoms with Crippen LogP contribution in [0.4, 0.5) is 4.39 Å². The molecule has 31 heavy (non-hydrogen) atoms. The third-order valence-corrected chi connectivity index (χ3v) is 5.80. The minimum atomic E-state index is -0.388. The van der Waals surface area contributed by atoms with E-state index in [9.17, 15) is 9.18 Å². The molecule has 9 nitrogen and oxygen atoms in total. The van der Waals surface area contributed by atoms with Crippen molar-refractivity contribution in [2.75, 3.05) is 0 Å². The number of para-hydroxylation sites is 1. The second-order valence-corrected chi connectivity index (χ2v) is 7.73. The molecule has 0 atom stereocenters.